The van der Waals surface area contributed by atoms with E-state index in [2.05, 4.69) is 4.57 Å². The van der Waals surface area contributed by atoms with E-state index in [1.165, 1.54) is 17.3 Å². The maximum absolute atomic E-state index is 11.1. The summed E-state index contributed by atoms with van der Waals surface area (Å²) in [6.45, 7) is 4.82. The van der Waals surface area contributed by atoms with E-state index >= 15 is 0 Å². The van der Waals surface area contributed by atoms with Gasteiger partial charge in [-0.2, -0.15) is 23.5 Å². The predicted octanol–water partition coefficient (Wildman–Crippen LogP) is 2.65. The SMILES string of the molecule is Cc1cc(C(=O)O)c(C)n1CC1CSCCS1. The number of hydrogen-bond donors (Lipinski definition) is 1. The lowest BCUT2D eigenvalue weighted by molar-refractivity contribution is 0.0696. The minimum absolute atomic E-state index is 0.441. The highest BCUT2D eigenvalue weighted by molar-refractivity contribution is 8.06. The molecule has 0 aromatic carbocycles. The van der Waals surface area contributed by atoms with Gasteiger partial charge in [0.1, 0.15) is 0 Å². The van der Waals surface area contributed by atoms with Crippen molar-refractivity contribution in [1.29, 1.82) is 0 Å². The van der Waals surface area contributed by atoms with Crippen molar-refractivity contribution in [2.75, 3.05) is 17.3 Å². The van der Waals surface area contributed by atoms with Crippen LogP contribution in [0.5, 0.6) is 0 Å². The Bertz CT molecular complexity index is 422. The largest absolute Gasteiger partial charge is 0.478 e. The van der Waals surface area contributed by atoms with Crippen LogP contribution in [0.2, 0.25) is 0 Å². The van der Waals surface area contributed by atoms with Gasteiger partial charge in [-0.05, 0) is 19.9 Å². The van der Waals surface area contributed by atoms with Crippen molar-refractivity contribution in [1.82, 2.24) is 4.57 Å². The fourth-order valence-electron chi connectivity index (χ4n) is 2.14. The average molecular weight is 271 g/mol. The Labute approximate surface area is 110 Å². The molecule has 1 unspecified atom stereocenters. The molecule has 0 spiro atoms. The Kier molecular flexibility index (Phi) is 4.09. The van der Waals surface area contributed by atoms with Gasteiger partial charge in [0.25, 0.3) is 0 Å². The van der Waals surface area contributed by atoms with Crippen molar-refractivity contribution in [2.24, 2.45) is 0 Å². The Balaban J connectivity index is 2.17. The number of rotatable bonds is 3. The summed E-state index contributed by atoms with van der Waals surface area (Å²) >= 11 is 4.00. The zero-order valence-electron chi connectivity index (χ0n) is 10.1. The summed E-state index contributed by atoms with van der Waals surface area (Å²) in [6.07, 6.45) is 0. The minimum atomic E-state index is -0.824. The molecule has 0 aliphatic carbocycles. The van der Waals surface area contributed by atoms with E-state index in [0.717, 1.165) is 17.9 Å². The van der Waals surface area contributed by atoms with Gasteiger partial charge < -0.3 is 9.67 Å². The van der Waals surface area contributed by atoms with Crippen LogP contribution in [-0.2, 0) is 6.54 Å². The van der Waals surface area contributed by atoms with E-state index in [9.17, 15) is 4.79 Å². The van der Waals surface area contributed by atoms with Crippen molar-refractivity contribution in [3.63, 3.8) is 0 Å². The minimum Gasteiger partial charge on any atom is -0.478 e. The molecule has 0 radical (unpaired) electrons. The lowest BCUT2D eigenvalue weighted by atomic mass is 10.2. The first kappa shape index (κ1) is 12.9. The molecular weight excluding hydrogens is 254 g/mol. The highest BCUT2D eigenvalue weighted by Gasteiger charge is 2.19. The first-order chi connectivity index (χ1) is 8.09. The third kappa shape index (κ3) is 2.83. The molecule has 2 heterocycles. The molecule has 0 amide bonds. The van der Waals surface area contributed by atoms with E-state index in [1.54, 1.807) is 6.07 Å². The number of aryl methyl sites for hydroxylation is 1. The normalized spacial score (nSPS) is 20.5. The molecule has 1 N–H and O–H groups in total. The lowest BCUT2D eigenvalue weighted by Crippen LogP contribution is -2.21. The maximum atomic E-state index is 11.1. The van der Waals surface area contributed by atoms with Gasteiger partial charge in [0, 0.05) is 40.4 Å². The Morgan fingerprint density at radius 2 is 2.29 bits per heavy atom. The maximum Gasteiger partial charge on any atom is 0.337 e. The Hall–Kier alpha value is -0.550. The molecule has 1 aromatic heterocycles. The van der Waals surface area contributed by atoms with Crippen molar-refractivity contribution < 1.29 is 9.90 Å². The summed E-state index contributed by atoms with van der Waals surface area (Å²) in [5, 5.41) is 9.70. The molecule has 2 rings (SSSR count). The third-order valence-corrected chi connectivity index (χ3v) is 5.90. The topological polar surface area (TPSA) is 42.2 Å². The molecule has 17 heavy (non-hydrogen) atoms. The molecule has 1 atom stereocenters. The Morgan fingerprint density at radius 3 is 2.82 bits per heavy atom. The molecule has 0 bridgehead atoms. The lowest BCUT2D eigenvalue weighted by Gasteiger charge is -2.23. The van der Waals surface area contributed by atoms with Crippen molar-refractivity contribution in [3.8, 4) is 0 Å². The van der Waals surface area contributed by atoms with Gasteiger partial charge in [0.05, 0.1) is 5.56 Å². The fraction of sp³-hybridized carbons (Fsp3) is 0.583. The van der Waals surface area contributed by atoms with Crippen LogP contribution < -0.4 is 0 Å². The molecule has 1 aliphatic heterocycles. The summed E-state index contributed by atoms with van der Waals surface area (Å²) in [5.41, 5.74) is 2.37. The van der Waals surface area contributed by atoms with E-state index in [1.807, 2.05) is 37.4 Å². The molecule has 94 valence electrons. The fourth-order valence-corrected chi connectivity index (χ4v) is 4.80. The second kappa shape index (κ2) is 5.40. The molecular formula is C12H17NO2S2. The standard InChI is InChI=1S/C12H17NO2S2/c1-8-5-11(12(14)15)9(2)13(8)6-10-7-16-3-4-17-10/h5,10H,3-4,6-7H2,1-2H3,(H,14,15). The number of carbonyl (C=O) groups is 1. The monoisotopic (exact) mass is 271 g/mol. The molecule has 0 saturated carbocycles. The number of carboxylic acid groups (broad SMARTS) is 1. The second-order valence-corrected chi connectivity index (χ2v) is 6.83. The number of aromatic nitrogens is 1. The summed E-state index contributed by atoms with van der Waals surface area (Å²) in [4.78, 5) is 11.1. The summed E-state index contributed by atoms with van der Waals surface area (Å²) in [7, 11) is 0. The predicted molar refractivity (Wildman–Crippen MR) is 74.4 cm³/mol. The van der Waals surface area contributed by atoms with Crippen LogP contribution in [0.4, 0.5) is 0 Å². The summed E-state index contributed by atoms with van der Waals surface area (Å²) in [5.74, 6) is 2.80. The molecule has 1 aliphatic rings. The van der Waals surface area contributed by atoms with Crippen LogP contribution in [0.3, 0.4) is 0 Å². The number of nitrogens with zero attached hydrogens (tertiary/aromatic N) is 1. The summed E-state index contributed by atoms with van der Waals surface area (Å²) < 4.78 is 2.15. The van der Waals surface area contributed by atoms with Gasteiger partial charge in [0.15, 0.2) is 0 Å². The first-order valence-corrected chi connectivity index (χ1v) is 7.89. The molecule has 3 nitrogen and oxygen atoms in total. The van der Waals surface area contributed by atoms with Gasteiger partial charge in [-0.3, -0.25) is 0 Å². The third-order valence-electron chi connectivity index (χ3n) is 3.08. The van der Waals surface area contributed by atoms with E-state index < -0.39 is 5.97 Å². The van der Waals surface area contributed by atoms with Crippen LogP contribution >= 0.6 is 23.5 Å². The summed E-state index contributed by atoms with van der Waals surface area (Å²) in [6, 6.07) is 1.78. The van der Waals surface area contributed by atoms with Gasteiger partial charge in [-0.1, -0.05) is 0 Å². The van der Waals surface area contributed by atoms with E-state index in [4.69, 9.17) is 5.11 Å². The zero-order valence-corrected chi connectivity index (χ0v) is 11.7. The number of hydrogen-bond acceptors (Lipinski definition) is 3. The first-order valence-electron chi connectivity index (χ1n) is 5.69. The van der Waals surface area contributed by atoms with Crippen molar-refractivity contribution in [3.05, 3.63) is 23.0 Å². The van der Waals surface area contributed by atoms with Crippen LogP contribution in [0.15, 0.2) is 6.07 Å². The van der Waals surface area contributed by atoms with Gasteiger partial charge in [-0.15, -0.1) is 0 Å². The van der Waals surface area contributed by atoms with Gasteiger partial charge in [-0.25, -0.2) is 4.79 Å². The van der Waals surface area contributed by atoms with Crippen molar-refractivity contribution >= 4 is 29.5 Å². The smallest absolute Gasteiger partial charge is 0.337 e. The van der Waals surface area contributed by atoms with Crippen LogP contribution in [0, 0.1) is 13.8 Å². The molecule has 5 heteroatoms. The van der Waals surface area contributed by atoms with E-state index in [0.29, 0.717) is 10.8 Å². The zero-order chi connectivity index (χ0) is 12.4. The second-order valence-electron chi connectivity index (χ2n) is 4.27. The Morgan fingerprint density at radius 1 is 1.53 bits per heavy atom. The van der Waals surface area contributed by atoms with Crippen LogP contribution in [0.1, 0.15) is 21.7 Å². The number of thioether (sulfide) groups is 2. The molecule has 1 aromatic rings. The van der Waals surface area contributed by atoms with Crippen molar-refractivity contribution in [2.45, 2.75) is 25.6 Å². The van der Waals surface area contributed by atoms with Crippen LogP contribution in [0.25, 0.3) is 0 Å². The number of aromatic carboxylic acids is 1. The average Bonchev–Trinajstić information content (AvgIpc) is 2.58. The van der Waals surface area contributed by atoms with Gasteiger partial charge >= 0.3 is 5.97 Å². The highest BCUT2D eigenvalue weighted by atomic mass is 32.2. The molecule has 1 saturated heterocycles. The number of carboxylic acids is 1. The van der Waals surface area contributed by atoms with Gasteiger partial charge in [0.2, 0.25) is 0 Å². The molecule has 1 fully saturated rings. The highest BCUT2D eigenvalue weighted by Crippen LogP contribution is 2.27. The quantitative estimate of drug-likeness (QED) is 0.917. The van der Waals surface area contributed by atoms with Crippen LogP contribution in [-0.4, -0.2) is 38.2 Å². The van der Waals surface area contributed by atoms with E-state index in [-0.39, 0.29) is 0 Å².